The minimum atomic E-state index is -0.0831. The Kier molecular flexibility index (Phi) is 10.8. The lowest BCUT2D eigenvalue weighted by Crippen LogP contribution is -2.42. The van der Waals surface area contributed by atoms with Crippen molar-refractivity contribution in [2.45, 2.75) is 26.7 Å². The minimum absolute atomic E-state index is 0. The van der Waals surface area contributed by atoms with E-state index in [1.165, 1.54) is 0 Å². The molecule has 0 spiro atoms. The van der Waals surface area contributed by atoms with Crippen LogP contribution in [-0.4, -0.2) is 50.5 Å². The van der Waals surface area contributed by atoms with Crippen LogP contribution in [0.15, 0.2) is 29.3 Å². The second-order valence-electron chi connectivity index (χ2n) is 6.38. The summed E-state index contributed by atoms with van der Waals surface area (Å²) in [6, 6.07) is 7.51. The smallest absolute Gasteiger partial charge is 0.251 e. The average molecular weight is 487 g/mol. The molecule has 1 aromatic rings. The summed E-state index contributed by atoms with van der Waals surface area (Å²) < 4.78 is 0. The van der Waals surface area contributed by atoms with Crippen LogP contribution in [0.4, 0.5) is 0 Å². The molecule has 0 aromatic heterocycles. The maximum absolute atomic E-state index is 12.1. The molecule has 7 nitrogen and oxygen atoms in total. The highest BCUT2D eigenvalue weighted by atomic mass is 127. The van der Waals surface area contributed by atoms with Crippen molar-refractivity contribution >= 4 is 41.8 Å². The Bertz CT molecular complexity index is 647. The normalized spacial score (nSPS) is 13.3. The SMILES string of the molecule is CCNC(=NCCNC(=O)C1CC1)NCCNC(=O)c1cccc(C)c1.I. The molecular formula is C19H30IN5O2. The van der Waals surface area contributed by atoms with E-state index in [0.29, 0.717) is 37.7 Å². The zero-order chi connectivity index (χ0) is 18.8. The number of aliphatic imine (C=N–C) groups is 1. The van der Waals surface area contributed by atoms with Crippen molar-refractivity contribution in [1.29, 1.82) is 0 Å². The molecule has 8 heteroatoms. The third-order valence-electron chi connectivity index (χ3n) is 3.96. The molecule has 1 fully saturated rings. The topological polar surface area (TPSA) is 94.6 Å². The Hall–Kier alpha value is -1.84. The summed E-state index contributed by atoms with van der Waals surface area (Å²) in [6.07, 6.45) is 2.02. The molecule has 0 aliphatic heterocycles. The minimum Gasteiger partial charge on any atom is -0.357 e. The van der Waals surface area contributed by atoms with Gasteiger partial charge in [-0.15, -0.1) is 24.0 Å². The molecule has 0 bridgehead atoms. The number of carbonyl (C=O) groups is 2. The number of rotatable bonds is 9. The van der Waals surface area contributed by atoms with Gasteiger partial charge in [0.1, 0.15) is 0 Å². The van der Waals surface area contributed by atoms with Crippen molar-refractivity contribution in [3.8, 4) is 0 Å². The lowest BCUT2D eigenvalue weighted by Gasteiger charge is -2.12. The molecule has 0 unspecified atom stereocenters. The number of hydrogen-bond donors (Lipinski definition) is 4. The van der Waals surface area contributed by atoms with E-state index in [2.05, 4.69) is 26.3 Å². The number of guanidine groups is 1. The van der Waals surface area contributed by atoms with E-state index < -0.39 is 0 Å². The number of halogens is 1. The van der Waals surface area contributed by atoms with Gasteiger partial charge in [0.2, 0.25) is 5.91 Å². The van der Waals surface area contributed by atoms with Crippen molar-refractivity contribution in [2.75, 3.05) is 32.7 Å². The zero-order valence-electron chi connectivity index (χ0n) is 16.0. The summed E-state index contributed by atoms with van der Waals surface area (Å²) in [7, 11) is 0. The van der Waals surface area contributed by atoms with Gasteiger partial charge in [0.15, 0.2) is 5.96 Å². The Morgan fingerprint density at radius 2 is 1.81 bits per heavy atom. The molecular weight excluding hydrogens is 457 g/mol. The van der Waals surface area contributed by atoms with Crippen LogP contribution in [0.2, 0.25) is 0 Å². The Morgan fingerprint density at radius 1 is 1.07 bits per heavy atom. The number of nitrogens with one attached hydrogen (secondary N) is 4. The number of nitrogens with zero attached hydrogens (tertiary/aromatic N) is 1. The molecule has 1 aliphatic rings. The van der Waals surface area contributed by atoms with Gasteiger partial charge in [-0.3, -0.25) is 14.6 Å². The summed E-state index contributed by atoms with van der Waals surface area (Å²) in [5, 5.41) is 12.1. The quantitative estimate of drug-likeness (QED) is 0.184. The Labute approximate surface area is 178 Å². The van der Waals surface area contributed by atoms with E-state index in [9.17, 15) is 9.59 Å². The largest absolute Gasteiger partial charge is 0.357 e. The van der Waals surface area contributed by atoms with Gasteiger partial charge < -0.3 is 21.3 Å². The van der Waals surface area contributed by atoms with Crippen LogP contribution in [0, 0.1) is 12.8 Å². The van der Waals surface area contributed by atoms with Crippen LogP contribution in [0.5, 0.6) is 0 Å². The second-order valence-corrected chi connectivity index (χ2v) is 6.38. The van der Waals surface area contributed by atoms with Crippen LogP contribution in [0.1, 0.15) is 35.7 Å². The molecule has 2 rings (SSSR count). The molecule has 1 saturated carbocycles. The molecule has 1 aromatic carbocycles. The van der Waals surface area contributed by atoms with Crippen molar-refractivity contribution in [3.63, 3.8) is 0 Å². The predicted octanol–water partition coefficient (Wildman–Crippen LogP) is 1.42. The van der Waals surface area contributed by atoms with Gasteiger partial charge >= 0.3 is 0 Å². The molecule has 0 saturated heterocycles. The van der Waals surface area contributed by atoms with Gasteiger partial charge in [0, 0.05) is 37.7 Å². The highest BCUT2D eigenvalue weighted by Gasteiger charge is 2.28. The molecule has 0 heterocycles. The van der Waals surface area contributed by atoms with E-state index in [-0.39, 0.29) is 41.7 Å². The predicted molar refractivity (Wildman–Crippen MR) is 119 cm³/mol. The molecule has 4 N–H and O–H groups in total. The first-order valence-corrected chi connectivity index (χ1v) is 9.25. The highest BCUT2D eigenvalue weighted by molar-refractivity contribution is 14.0. The highest BCUT2D eigenvalue weighted by Crippen LogP contribution is 2.28. The van der Waals surface area contributed by atoms with E-state index >= 15 is 0 Å². The third kappa shape index (κ3) is 9.07. The van der Waals surface area contributed by atoms with Gasteiger partial charge in [0.25, 0.3) is 5.91 Å². The van der Waals surface area contributed by atoms with Crippen molar-refractivity contribution in [2.24, 2.45) is 10.9 Å². The molecule has 27 heavy (non-hydrogen) atoms. The fourth-order valence-electron chi connectivity index (χ4n) is 2.42. The summed E-state index contributed by atoms with van der Waals surface area (Å²) in [5.41, 5.74) is 1.73. The zero-order valence-corrected chi connectivity index (χ0v) is 18.3. The van der Waals surface area contributed by atoms with Crippen molar-refractivity contribution in [1.82, 2.24) is 21.3 Å². The Morgan fingerprint density at radius 3 is 2.48 bits per heavy atom. The standard InChI is InChI=1S/C19H29N5O2.HI/c1-3-20-19(23-11-9-21-17(25)15-7-8-15)24-12-10-22-18(26)16-6-4-5-14(2)13-16;/h4-6,13,15H,3,7-12H2,1-2H3,(H,21,25)(H,22,26)(H2,20,23,24);1H. The summed E-state index contributed by atoms with van der Waals surface area (Å²) >= 11 is 0. The van der Waals surface area contributed by atoms with Crippen LogP contribution in [0.25, 0.3) is 0 Å². The molecule has 1 aliphatic carbocycles. The maximum Gasteiger partial charge on any atom is 0.251 e. The number of amides is 2. The summed E-state index contributed by atoms with van der Waals surface area (Å²) in [6.45, 7) is 6.82. The molecule has 0 atom stereocenters. The van der Waals surface area contributed by atoms with E-state index in [4.69, 9.17) is 0 Å². The van der Waals surface area contributed by atoms with Crippen LogP contribution in [0.3, 0.4) is 0 Å². The van der Waals surface area contributed by atoms with Gasteiger partial charge in [-0.1, -0.05) is 17.7 Å². The number of hydrogen-bond acceptors (Lipinski definition) is 3. The number of carbonyl (C=O) groups excluding carboxylic acids is 2. The van der Waals surface area contributed by atoms with Crippen molar-refractivity contribution < 1.29 is 9.59 Å². The fourth-order valence-corrected chi connectivity index (χ4v) is 2.42. The molecule has 150 valence electrons. The monoisotopic (exact) mass is 487 g/mol. The van der Waals surface area contributed by atoms with Gasteiger partial charge in [-0.25, -0.2) is 0 Å². The van der Waals surface area contributed by atoms with E-state index in [1.807, 2.05) is 32.0 Å². The van der Waals surface area contributed by atoms with Crippen LogP contribution in [-0.2, 0) is 4.79 Å². The Balaban J connectivity index is 0.00000364. The summed E-state index contributed by atoms with van der Waals surface area (Å²) in [4.78, 5) is 28.1. The van der Waals surface area contributed by atoms with Crippen LogP contribution >= 0.6 is 24.0 Å². The third-order valence-corrected chi connectivity index (χ3v) is 3.96. The van der Waals surface area contributed by atoms with E-state index in [1.54, 1.807) is 6.07 Å². The van der Waals surface area contributed by atoms with Crippen molar-refractivity contribution in [3.05, 3.63) is 35.4 Å². The first kappa shape index (κ1) is 23.2. The second kappa shape index (κ2) is 12.5. The van der Waals surface area contributed by atoms with E-state index in [0.717, 1.165) is 24.9 Å². The maximum atomic E-state index is 12.1. The first-order valence-electron chi connectivity index (χ1n) is 9.25. The number of benzene rings is 1. The van der Waals surface area contributed by atoms with Gasteiger partial charge in [-0.2, -0.15) is 0 Å². The summed E-state index contributed by atoms with van der Waals surface area (Å²) in [5.74, 6) is 0.956. The lowest BCUT2D eigenvalue weighted by molar-refractivity contribution is -0.122. The lowest BCUT2D eigenvalue weighted by atomic mass is 10.1. The van der Waals surface area contributed by atoms with Gasteiger partial charge in [-0.05, 0) is 38.8 Å². The van der Waals surface area contributed by atoms with Crippen LogP contribution < -0.4 is 21.3 Å². The average Bonchev–Trinajstić information content (AvgIpc) is 3.47. The molecule has 0 radical (unpaired) electrons. The fraction of sp³-hybridized carbons (Fsp3) is 0.526. The molecule has 2 amide bonds. The van der Waals surface area contributed by atoms with Gasteiger partial charge in [0.05, 0.1) is 6.54 Å². The number of aryl methyl sites for hydroxylation is 1. The first-order chi connectivity index (χ1) is 12.6.